The van der Waals surface area contributed by atoms with E-state index in [9.17, 15) is 14.4 Å². The van der Waals surface area contributed by atoms with Crippen LogP contribution < -0.4 is 10.6 Å². The van der Waals surface area contributed by atoms with Crippen molar-refractivity contribution in [2.24, 2.45) is 0 Å². The molecule has 0 unspecified atom stereocenters. The molecule has 2 aromatic rings. The normalized spacial score (nSPS) is 16.2. The van der Waals surface area contributed by atoms with E-state index < -0.39 is 11.8 Å². The molecule has 1 aliphatic heterocycles. The minimum atomic E-state index is -0.422. The molecule has 3 amide bonds. The molecule has 1 aliphatic carbocycles. The smallest absolute Gasteiger partial charge is 0.265 e. The summed E-state index contributed by atoms with van der Waals surface area (Å²) >= 11 is 1.56. The highest BCUT2D eigenvalue weighted by atomic mass is 32.1. The van der Waals surface area contributed by atoms with Gasteiger partial charge in [0.2, 0.25) is 0 Å². The van der Waals surface area contributed by atoms with E-state index in [1.165, 1.54) is 29.7 Å². The van der Waals surface area contributed by atoms with E-state index in [2.05, 4.69) is 10.6 Å². The van der Waals surface area contributed by atoms with Crippen molar-refractivity contribution in [2.45, 2.75) is 32.1 Å². The molecule has 4 rings (SSSR count). The molecular formula is C18H16N2O3S. The summed E-state index contributed by atoms with van der Waals surface area (Å²) in [5.41, 5.74) is 2.47. The molecule has 2 heterocycles. The van der Waals surface area contributed by atoms with E-state index in [1.54, 1.807) is 29.5 Å². The summed E-state index contributed by atoms with van der Waals surface area (Å²) in [7, 11) is 0. The number of hydrogen-bond acceptors (Lipinski definition) is 4. The topological polar surface area (TPSA) is 75.3 Å². The second-order valence-electron chi connectivity index (χ2n) is 6.12. The Kier molecular flexibility index (Phi) is 3.69. The lowest BCUT2D eigenvalue weighted by Gasteiger charge is -2.05. The summed E-state index contributed by atoms with van der Waals surface area (Å²) < 4.78 is 0. The molecule has 5 nitrogen and oxygen atoms in total. The van der Waals surface area contributed by atoms with Crippen molar-refractivity contribution in [1.29, 1.82) is 0 Å². The lowest BCUT2D eigenvalue weighted by molar-refractivity contribution is 0.0878. The first-order valence-electron chi connectivity index (χ1n) is 8.04. The summed E-state index contributed by atoms with van der Waals surface area (Å²) in [5, 5.41) is 5.07. The van der Waals surface area contributed by atoms with Gasteiger partial charge in [-0.1, -0.05) is 6.42 Å². The number of imide groups is 1. The van der Waals surface area contributed by atoms with Crippen LogP contribution >= 0.6 is 11.3 Å². The maximum atomic E-state index is 12.5. The molecule has 6 heteroatoms. The average molecular weight is 340 g/mol. The molecule has 0 spiro atoms. The Morgan fingerprint density at radius 1 is 1.00 bits per heavy atom. The Hall–Kier alpha value is -2.47. The van der Waals surface area contributed by atoms with Gasteiger partial charge in [-0.3, -0.25) is 19.7 Å². The highest BCUT2D eigenvalue weighted by Crippen LogP contribution is 2.29. The molecule has 1 aromatic carbocycles. The van der Waals surface area contributed by atoms with Crippen LogP contribution in [0.15, 0.2) is 24.3 Å². The Morgan fingerprint density at radius 2 is 1.79 bits per heavy atom. The van der Waals surface area contributed by atoms with Gasteiger partial charge in [0.15, 0.2) is 0 Å². The van der Waals surface area contributed by atoms with E-state index in [4.69, 9.17) is 0 Å². The van der Waals surface area contributed by atoms with Gasteiger partial charge >= 0.3 is 0 Å². The van der Waals surface area contributed by atoms with Crippen molar-refractivity contribution in [3.05, 3.63) is 50.7 Å². The van der Waals surface area contributed by atoms with Crippen LogP contribution in [-0.4, -0.2) is 17.7 Å². The van der Waals surface area contributed by atoms with Crippen LogP contribution in [0.4, 0.5) is 5.69 Å². The van der Waals surface area contributed by atoms with Gasteiger partial charge in [0, 0.05) is 10.6 Å². The molecule has 0 saturated heterocycles. The fourth-order valence-electron chi connectivity index (χ4n) is 3.22. The second kappa shape index (κ2) is 5.87. The molecule has 0 atom stereocenters. The number of rotatable bonds is 2. The number of aryl methyl sites for hydroxylation is 2. The lowest BCUT2D eigenvalue weighted by Crippen LogP contribution is -2.19. The van der Waals surface area contributed by atoms with E-state index >= 15 is 0 Å². The summed E-state index contributed by atoms with van der Waals surface area (Å²) in [5.74, 6) is -0.985. The van der Waals surface area contributed by atoms with E-state index in [0.717, 1.165) is 12.8 Å². The van der Waals surface area contributed by atoms with Gasteiger partial charge in [-0.05, 0) is 55.5 Å². The molecular weight excluding hydrogens is 324 g/mol. The zero-order valence-electron chi connectivity index (χ0n) is 13.0. The van der Waals surface area contributed by atoms with Crippen LogP contribution in [0.25, 0.3) is 0 Å². The monoisotopic (exact) mass is 340 g/mol. The van der Waals surface area contributed by atoms with Crippen molar-refractivity contribution >= 4 is 34.7 Å². The fraction of sp³-hybridized carbons (Fsp3) is 0.278. The van der Waals surface area contributed by atoms with Crippen LogP contribution in [0.3, 0.4) is 0 Å². The highest BCUT2D eigenvalue weighted by Gasteiger charge is 2.27. The largest absolute Gasteiger partial charge is 0.321 e. The highest BCUT2D eigenvalue weighted by molar-refractivity contribution is 7.14. The number of thiophene rings is 1. The molecule has 0 saturated carbocycles. The standard InChI is InChI=1S/C18H16N2O3S/c21-16-12-7-6-11(9-13(12)17(22)20-16)19-18(23)15-8-10-4-2-1-3-5-14(10)24-15/h6-9H,1-5H2,(H,19,23)(H,20,21,22). The van der Waals surface area contributed by atoms with Gasteiger partial charge in [-0.25, -0.2) is 0 Å². The lowest BCUT2D eigenvalue weighted by atomic mass is 10.1. The summed E-state index contributed by atoms with van der Waals surface area (Å²) in [6.07, 6.45) is 5.70. The van der Waals surface area contributed by atoms with Crippen molar-refractivity contribution in [2.75, 3.05) is 5.32 Å². The number of hydrogen-bond donors (Lipinski definition) is 2. The predicted octanol–water partition coefficient (Wildman–Crippen LogP) is 3.15. The van der Waals surface area contributed by atoms with Gasteiger partial charge in [-0.15, -0.1) is 11.3 Å². The first-order valence-corrected chi connectivity index (χ1v) is 8.86. The van der Waals surface area contributed by atoms with E-state index in [-0.39, 0.29) is 5.91 Å². The maximum absolute atomic E-state index is 12.5. The Balaban J connectivity index is 1.56. The third-order valence-electron chi connectivity index (χ3n) is 4.46. The summed E-state index contributed by atoms with van der Waals surface area (Å²) in [4.78, 5) is 37.8. The first kappa shape index (κ1) is 15.1. The average Bonchev–Trinajstić information content (AvgIpc) is 3.01. The van der Waals surface area contributed by atoms with Crippen molar-refractivity contribution < 1.29 is 14.4 Å². The van der Waals surface area contributed by atoms with Gasteiger partial charge in [0.25, 0.3) is 17.7 Å². The van der Waals surface area contributed by atoms with E-state index in [1.807, 2.05) is 6.07 Å². The molecule has 2 N–H and O–H groups in total. The van der Waals surface area contributed by atoms with Gasteiger partial charge in [0.05, 0.1) is 16.0 Å². The maximum Gasteiger partial charge on any atom is 0.265 e. The Labute approximate surface area is 143 Å². The number of anilines is 1. The number of nitrogens with one attached hydrogen (secondary N) is 2. The minimum absolute atomic E-state index is 0.169. The van der Waals surface area contributed by atoms with Crippen molar-refractivity contribution in [3.63, 3.8) is 0 Å². The molecule has 24 heavy (non-hydrogen) atoms. The molecule has 1 aromatic heterocycles. The first-order chi connectivity index (χ1) is 11.6. The van der Waals surface area contributed by atoms with Gasteiger partial charge in [0.1, 0.15) is 0 Å². The van der Waals surface area contributed by atoms with Crippen LogP contribution in [0.1, 0.15) is 60.1 Å². The molecule has 0 bridgehead atoms. The number of fused-ring (bicyclic) bond motifs is 2. The predicted molar refractivity (Wildman–Crippen MR) is 91.8 cm³/mol. The number of benzene rings is 1. The minimum Gasteiger partial charge on any atom is -0.321 e. The summed E-state index contributed by atoms with van der Waals surface area (Å²) in [6, 6.07) is 6.75. The SMILES string of the molecule is O=C(Nc1ccc2c(c1)C(=O)NC2=O)c1cc2c(s1)CCCCC2. The molecule has 122 valence electrons. The van der Waals surface area contributed by atoms with Gasteiger partial charge in [-0.2, -0.15) is 0 Å². The fourth-order valence-corrected chi connectivity index (χ4v) is 4.37. The third kappa shape index (κ3) is 2.63. The number of amides is 3. The summed E-state index contributed by atoms with van der Waals surface area (Å²) in [6.45, 7) is 0. The van der Waals surface area contributed by atoms with Crippen LogP contribution in [0, 0.1) is 0 Å². The second-order valence-corrected chi connectivity index (χ2v) is 7.25. The van der Waals surface area contributed by atoms with Crippen LogP contribution in [-0.2, 0) is 12.8 Å². The van der Waals surface area contributed by atoms with E-state index in [0.29, 0.717) is 21.7 Å². The van der Waals surface area contributed by atoms with Crippen LogP contribution in [0.5, 0.6) is 0 Å². The zero-order valence-corrected chi connectivity index (χ0v) is 13.8. The Morgan fingerprint density at radius 3 is 2.67 bits per heavy atom. The van der Waals surface area contributed by atoms with Crippen LogP contribution in [0.2, 0.25) is 0 Å². The molecule has 2 aliphatic rings. The third-order valence-corrected chi connectivity index (χ3v) is 5.70. The van der Waals surface area contributed by atoms with Crippen molar-refractivity contribution in [1.82, 2.24) is 5.32 Å². The molecule has 0 fully saturated rings. The number of carbonyl (C=O) groups excluding carboxylic acids is 3. The van der Waals surface area contributed by atoms with Gasteiger partial charge < -0.3 is 5.32 Å². The zero-order chi connectivity index (χ0) is 16.7. The molecule has 0 radical (unpaired) electrons. The Bertz CT molecular complexity index is 846. The number of carbonyl (C=O) groups is 3. The quantitative estimate of drug-likeness (QED) is 0.651. The van der Waals surface area contributed by atoms with Crippen molar-refractivity contribution in [3.8, 4) is 0 Å².